The topological polar surface area (TPSA) is 58.6 Å². The van der Waals surface area contributed by atoms with Crippen LogP contribution < -0.4 is 15.0 Å². The van der Waals surface area contributed by atoms with Gasteiger partial charge in [-0.2, -0.15) is 13.2 Å². The van der Waals surface area contributed by atoms with Gasteiger partial charge in [-0.25, -0.2) is 0 Å². The highest BCUT2D eigenvalue weighted by Gasteiger charge is 2.48. The van der Waals surface area contributed by atoms with Crippen molar-refractivity contribution in [3.63, 3.8) is 0 Å². The molecule has 2 amide bonds. The van der Waals surface area contributed by atoms with Gasteiger partial charge in [0.2, 0.25) is 5.91 Å². The number of amides is 2. The number of hydrogen-bond acceptors (Lipinski definition) is 4. The number of thiophene rings is 1. The summed E-state index contributed by atoms with van der Waals surface area (Å²) in [6.45, 7) is 3.86. The smallest absolute Gasteiger partial charge is 0.471 e. The van der Waals surface area contributed by atoms with Gasteiger partial charge in [-0.15, -0.1) is 11.3 Å². The molecule has 9 heteroatoms. The molecule has 1 N–H and O–H groups in total. The number of anilines is 1. The summed E-state index contributed by atoms with van der Waals surface area (Å²) >= 11 is 1.20. The predicted molar refractivity (Wildman–Crippen MR) is 118 cm³/mol. The molecule has 1 atom stereocenters. The molecular formula is C23H27F3N2O3S. The van der Waals surface area contributed by atoms with Gasteiger partial charge >= 0.3 is 12.1 Å². The number of halogens is 3. The molecule has 0 radical (unpaired) electrons. The number of carbonyl (C=O) groups excluding carboxylic acids is 2. The van der Waals surface area contributed by atoms with E-state index in [4.69, 9.17) is 4.74 Å². The summed E-state index contributed by atoms with van der Waals surface area (Å²) < 4.78 is 46.5. The second kappa shape index (κ2) is 10.4. The van der Waals surface area contributed by atoms with Crippen molar-refractivity contribution < 1.29 is 27.5 Å². The monoisotopic (exact) mass is 468 g/mol. The Labute approximate surface area is 189 Å². The molecule has 1 saturated carbocycles. The van der Waals surface area contributed by atoms with E-state index in [0.717, 1.165) is 37.0 Å². The molecule has 174 valence electrons. The zero-order valence-corrected chi connectivity index (χ0v) is 18.9. The molecule has 0 saturated heterocycles. The van der Waals surface area contributed by atoms with Gasteiger partial charge < -0.3 is 10.1 Å². The van der Waals surface area contributed by atoms with Crippen LogP contribution in [-0.2, 0) is 9.59 Å². The third kappa shape index (κ3) is 5.82. The Kier molecular flexibility index (Phi) is 7.82. The number of hydrogen-bond donors (Lipinski definition) is 1. The second-order valence-electron chi connectivity index (χ2n) is 7.80. The van der Waals surface area contributed by atoms with E-state index >= 15 is 0 Å². The summed E-state index contributed by atoms with van der Waals surface area (Å²) in [6, 6.07) is 7.62. The Morgan fingerprint density at radius 2 is 1.91 bits per heavy atom. The lowest BCUT2D eigenvalue weighted by molar-refractivity contribution is -0.171. The highest BCUT2D eigenvalue weighted by Crippen LogP contribution is 2.37. The Balaban J connectivity index is 2.07. The van der Waals surface area contributed by atoms with Gasteiger partial charge in [0.25, 0.3) is 0 Å². The van der Waals surface area contributed by atoms with Crippen LogP contribution in [0.25, 0.3) is 0 Å². The quantitative estimate of drug-likeness (QED) is 0.580. The fraction of sp³-hybridized carbons (Fsp3) is 0.478. The molecule has 5 nitrogen and oxygen atoms in total. The first kappa shape index (κ1) is 24.1. The molecule has 1 unspecified atom stereocenters. The number of alkyl halides is 3. The van der Waals surface area contributed by atoms with E-state index in [-0.39, 0.29) is 11.7 Å². The number of aryl methyl sites for hydroxylation is 1. The average Bonchev–Trinajstić information content (AvgIpc) is 3.17. The van der Waals surface area contributed by atoms with Crippen molar-refractivity contribution in [1.82, 2.24) is 5.32 Å². The number of nitrogens with one attached hydrogen (secondary N) is 1. The van der Waals surface area contributed by atoms with Crippen molar-refractivity contribution in [3.8, 4) is 5.75 Å². The third-order valence-corrected chi connectivity index (χ3v) is 6.41. The van der Waals surface area contributed by atoms with E-state index in [1.807, 2.05) is 0 Å². The summed E-state index contributed by atoms with van der Waals surface area (Å²) in [4.78, 5) is 27.8. The third-order valence-electron chi connectivity index (χ3n) is 5.36. The zero-order valence-electron chi connectivity index (χ0n) is 18.1. The van der Waals surface area contributed by atoms with Crippen LogP contribution in [0.4, 0.5) is 18.9 Å². The van der Waals surface area contributed by atoms with Gasteiger partial charge in [-0.05, 0) is 51.0 Å². The summed E-state index contributed by atoms with van der Waals surface area (Å²) in [5.41, 5.74) is -0.0480. The lowest BCUT2D eigenvalue weighted by Crippen LogP contribution is -2.50. The van der Waals surface area contributed by atoms with Crippen LogP contribution in [0.3, 0.4) is 0 Å². The highest BCUT2D eigenvalue weighted by molar-refractivity contribution is 7.12. The number of carbonyl (C=O) groups is 2. The maximum Gasteiger partial charge on any atom is 0.471 e. The highest BCUT2D eigenvalue weighted by atomic mass is 32.1. The van der Waals surface area contributed by atoms with Crippen molar-refractivity contribution in [2.45, 2.75) is 64.2 Å². The molecule has 1 fully saturated rings. The van der Waals surface area contributed by atoms with Crippen LogP contribution in [0, 0.1) is 6.92 Å². The molecule has 1 aromatic heterocycles. The second-order valence-corrected chi connectivity index (χ2v) is 9.12. The van der Waals surface area contributed by atoms with Gasteiger partial charge in [0.15, 0.2) is 6.04 Å². The van der Waals surface area contributed by atoms with E-state index < -0.39 is 24.0 Å². The van der Waals surface area contributed by atoms with E-state index in [1.54, 1.807) is 32.0 Å². The molecule has 1 aromatic carbocycles. The molecule has 2 aromatic rings. The molecule has 0 aliphatic heterocycles. The number of nitrogens with zero attached hydrogens (tertiary/aromatic N) is 1. The van der Waals surface area contributed by atoms with Crippen LogP contribution >= 0.6 is 11.3 Å². The standard InChI is InChI=1S/C23H27F3N2O3S/c1-3-31-18-11-7-10-17(14-18)28(22(30)23(24,25)26)20(19-13-12-15(2)32-19)21(29)27-16-8-5-4-6-9-16/h7,10-14,16,20H,3-6,8-9H2,1-2H3,(H,27,29). The Hall–Kier alpha value is -2.55. The molecule has 1 aliphatic rings. The van der Waals surface area contributed by atoms with Crippen molar-refractivity contribution in [2.75, 3.05) is 11.5 Å². The number of rotatable bonds is 7. The first-order chi connectivity index (χ1) is 15.2. The maximum atomic E-state index is 13.7. The minimum Gasteiger partial charge on any atom is -0.494 e. The SMILES string of the molecule is CCOc1cccc(N(C(=O)C(F)(F)F)C(C(=O)NC2CCCCC2)c2ccc(C)s2)c1. The van der Waals surface area contributed by atoms with Gasteiger partial charge in [0, 0.05) is 27.5 Å². The van der Waals surface area contributed by atoms with Crippen LogP contribution in [0.15, 0.2) is 36.4 Å². The lowest BCUT2D eigenvalue weighted by Gasteiger charge is -2.33. The normalized spacial score (nSPS) is 15.8. The fourth-order valence-electron chi connectivity index (χ4n) is 3.91. The zero-order chi connectivity index (χ0) is 23.3. The number of ether oxygens (including phenoxy) is 1. The largest absolute Gasteiger partial charge is 0.494 e. The van der Waals surface area contributed by atoms with Gasteiger partial charge in [0.05, 0.1) is 6.61 Å². The van der Waals surface area contributed by atoms with E-state index in [9.17, 15) is 22.8 Å². The number of benzene rings is 1. The Bertz CT molecular complexity index is 939. The first-order valence-corrected chi connectivity index (χ1v) is 11.5. The predicted octanol–water partition coefficient (Wildman–Crippen LogP) is 5.54. The molecule has 0 spiro atoms. The van der Waals surface area contributed by atoms with Crippen LogP contribution in [0.1, 0.15) is 54.8 Å². The van der Waals surface area contributed by atoms with E-state index in [2.05, 4.69) is 5.32 Å². The Morgan fingerprint density at radius 3 is 2.50 bits per heavy atom. The summed E-state index contributed by atoms with van der Waals surface area (Å²) in [6.07, 6.45) is -0.630. The maximum absolute atomic E-state index is 13.7. The van der Waals surface area contributed by atoms with Crippen LogP contribution in [0.5, 0.6) is 5.75 Å². The molecule has 3 rings (SSSR count). The lowest BCUT2D eigenvalue weighted by atomic mass is 9.95. The molecular weight excluding hydrogens is 441 g/mol. The van der Waals surface area contributed by atoms with Gasteiger partial charge in [0.1, 0.15) is 5.75 Å². The fourth-order valence-corrected chi connectivity index (χ4v) is 4.88. The minimum atomic E-state index is -5.16. The van der Waals surface area contributed by atoms with Gasteiger partial charge in [-0.1, -0.05) is 25.3 Å². The summed E-state index contributed by atoms with van der Waals surface area (Å²) in [7, 11) is 0. The van der Waals surface area contributed by atoms with Crippen molar-refractivity contribution in [3.05, 3.63) is 46.2 Å². The van der Waals surface area contributed by atoms with Crippen LogP contribution in [-0.4, -0.2) is 30.6 Å². The van der Waals surface area contributed by atoms with Crippen LogP contribution in [0.2, 0.25) is 0 Å². The minimum absolute atomic E-state index is 0.0480. The molecule has 0 bridgehead atoms. The summed E-state index contributed by atoms with van der Waals surface area (Å²) in [5.74, 6) is -2.39. The van der Waals surface area contributed by atoms with E-state index in [0.29, 0.717) is 22.1 Å². The Morgan fingerprint density at radius 1 is 1.19 bits per heavy atom. The summed E-state index contributed by atoms with van der Waals surface area (Å²) in [5, 5.41) is 2.90. The van der Waals surface area contributed by atoms with E-state index in [1.165, 1.54) is 29.5 Å². The van der Waals surface area contributed by atoms with Crippen molar-refractivity contribution in [2.24, 2.45) is 0 Å². The first-order valence-electron chi connectivity index (χ1n) is 10.7. The average molecular weight is 469 g/mol. The molecule has 32 heavy (non-hydrogen) atoms. The van der Waals surface area contributed by atoms with Gasteiger partial charge in [-0.3, -0.25) is 14.5 Å². The van der Waals surface area contributed by atoms with Crippen molar-refractivity contribution >= 4 is 28.8 Å². The molecule has 1 aliphatic carbocycles. The molecule has 1 heterocycles. The van der Waals surface area contributed by atoms with Crippen molar-refractivity contribution in [1.29, 1.82) is 0 Å².